The maximum Gasteiger partial charge on any atom is 0.0228 e. The largest absolute Gasteiger partial charge is 0.0766 e. The average Bonchev–Trinajstić information content (AvgIpc) is 2.70. The minimum absolute atomic E-state index is 0.431. The van der Waals surface area contributed by atoms with E-state index in [2.05, 4.69) is 51.2 Å². The number of allylic oxidation sites excluding steroid dienone is 8. The van der Waals surface area contributed by atoms with Gasteiger partial charge in [-0.2, -0.15) is 0 Å². The Hall–Kier alpha value is -1.04. The Kier molecular flexibility index (Phi) is 1.36. The Labute approximate surface area is 85.7 Å². The quantitative estimate of drug-likeness (QED) is 0.504. The van der Waals surface area contributed by atoms with Gasteiger partial charge in [-0.1, -0.05) is 55.4 Å². The molecule has 0 heteroatoms. The van der Waals surface area contributed by atoms with Crippen LogP contribution in [-0.2, 0) is 0 Å². The molecule has 0 aromatic carbocycles. The van der Waals surface area contributed by atoms with Gasteiger partial charge in [-0.15, -0.1) is 0 Å². The zero-order valence-electron chi connectivity index (χ0n) is 9.04. The summed E-state index contributed by atoms with van der Waals surface area (Å²) in [5.74, 6) is 1.30. The van der Waals surface area contributed by atoms with Gasteiger partial charge >= 0.3 is 0 Å². The molecule has 72 valence electrons. The molecule has 1 saturated carbocycles. The molecule has 0 aromatic rings. The van der Waals surface area contributed by atoms with E-state index in [-0.39, 0.29) is 0 Å². The molecule has 0 unspecified atom stereocenters. The van der Waals surface area contributed by atoms with Gasteiger partial charge in [0.25, 0.3) is 0 Å². The Bertz CT molecular complexity index is 413. The number of rotatable bonds is 0. The highest BCUT2D eigenvalue weighted by atomic mass is 14.6. The first kappa shape index (κ1) is 8.28. The first-order valence-corrected chi connectivity index (χ1v) is 5.40. The Balaban J connectivity index is 2.16. The van der Waals surface area contributed by atoms with Gasteiger partial charge < -0.3 is 0 Å². The summed E-state index contributed by atoms with van der Waals surface area (Å²) in [4.78, 5) is 0. The summed E-state index contributed by atoms with van der Waals surface area (Å²) in [6, 6.07) is 0. The minimum atomic E-state index is 0.431. The van der Waals surface area contributed by atoms with Crippen molar-refractivity contribution >= 4 is 0 Å². The maximum atomic E-state index is 2.47. The van der Waals surface area contributed by atoms with Crippen molar-refractivity contribution in [2.75, 3.05) is 0 Å². The van der Waals surface area contributed by atoms with Crippen molar-refractivity contribution < 1.29 is 0 Å². The predicted octanol–water partition coefficient (Wildman–Crippen LogP) is 3.64. The molecule has 0 radical (unpaired) electrons. The van der Waals surface area contributed by atoms with E-state index in [9.17, 15) is 0 Å². The molecule has 0 aliphatic heterocycles. The fourth-order valence-electron chi connectivity index (χ4n) is 2.99. The molecule has 3 rings (SSSR count). The van der Waals surface area contributed by atoms with Gasteiger partial charge in [-0.25, -0.2) is 0 Å². The highest BCUT2D eigenvalue weighted by molar-refractivity contribution is 5.57. The van der Waals surface area contributed by atoms with E-state index >= 15 is 0 Å². The van der Waals surface area contributed by atoms with Gasteiger partial charge in [-0.3, -0.25) is 0 Å². The van der Waals surface area contributed by atoms with Crippen molar-refractivity contribution in [3.8, 4) is 0 Å². The molecule has 0 nitrogen and oxygen atoms in total. The van der Waals surface area contributed by atoms with E-state index in [0.717, 1.165) is 5.92 Å². The van der Waals surface area contributed by atoms with Crippen LogP contribution in [0.4, 0.5) is 0 Å². The molecular formula is C14H16. The van der Waals surface area contributed by atoms with E-state index < -0.39 is 0 Å². The van der Waals surface area contributed by atoms with E-state index in [4.69, 9.17) is 0 Å². The molecule has 0 spiro atoms. The van der Waals surface area contributed by atoms with Crippen molar-refractivity contribution in [1.29, 1.82) is 0 Å². The van der Waals surface area contributed by atoms with Crippen LogP contribution in [0.1, 0.15) is 20.8 Å². The third-order valence-electron chi connectivity index (χ3n) is 3.96. The van der Waals surface area contributed by atoms with Crippen LogP contribution in [0.25, 0.3) is 0 Å². The zero-order valence-corrected chi connectivity index (χ0v) is 9.04. The number of fused-ring (bicyclic) bond motifs is 2. The minimum Gasteiger partial charge on any atom is -0.0766 e. The normalized spacial score (nSPS) is 36.4. The topological polar surface area (TPSA) is 0 Å². The molecule has 14 heavy (non-hydrogen) atoms. The molecule has 3 aliphatic rings. The van der Waals surface area contributed by atoms with Gasteiger partial charge in [-0.05, 0) is 17.9 Å². The SMILES string of the molecule is CC1=C[C@H]2C(=C3C=CC=C[C@@H]13)C2(C)C. The van der Waals surface area contributed by atoms with Gasteiger partial charge in [0.2, 0.25) is 0 Å². The van der Waals surface area contributed by atoms with Crippen molar-refractivity contribution in [3.63, 3.8) is 0 Å². The average molecular weight is 184 g/mol. The van der Waals surface area contributed by atoms with Gasteiger partial charge in [0.05, 0.1) is 0 Å². The van der Waals surface area contributed by atoms with E-state index in [0.29, 0.717) is 11.3 Å². The molecule has 0 amide bonds. The molecule has 0 aromatic heterocycles. The zero-order chi connectivity index (χ0) is 9.92. The molecule has 0 saturated heterocycles. The fraction of sp³-hybridized carbons (Fsp3) is 0.429. The van der Waals surface area contributed by atoms with E-state index in [1.54, 1.807) is 11.1 Å². The lowest BCUT2D eigenvalue weighted by Crippen LogP contribution is -2.07. The second-order valence-corrected chi connectivity index (χ2v) is 5.20. The first-order chi connectivity index (χ1) is 6.62. The molecule has 1 fully saturated rings. The molecule has 3 aliphatic carbocycles. The summed E-state index contributed by atoms with van der Waals surface area (Å²) in [5, 5.41) is 0. The van der Waals surface area contributed by atoms with Crippen LogP contribution < -0.4 is 0 Å². The van der Waals surface area contributed by atoms with Gasteiger partial charge in [0, 0.05) is 11.8 Å². The summed E-state index contributed by atoms with van der Waals surface area (Å²) in [7, 11) is 0. The number of hydrogen-bond acceptors (Lipinski definition) is 0. The lowest BCUT2D eigenvalue weighted by atomic mass is 9.84. The standard InChI is InChI=1S/C14H16/c1-9-8-12-13(14(12,2)3)11-7-5-4-6-10(9)11/h4-8,10,12H,1-3H3/t10-,12-/m0/s1. The summed E-state index contributed by atoms with van der Waals surface area (Å²) in [6.45, 7) is 6.98. The van der Waals surface area contributed by atoms with Crippen molar-refractivity contribution in [2.24, 2.45) is 17.3 Å². The summed E-state index contributed by atoms with van der Waals surface area (Å²) in [5.41, 5.74) is 5.21. The maximum absolute atomic E-state index is 2.47. The van der Waals surface area contributed by atoms with E-state index in [1.807, 2.05) is 0 Å². The molecule has 0 heterocycles. The Morgan fingerprint density at radius 3 is 2.79 bits per heavy atom. The van der Waals surface area contributed by atoms with Crippen molar-refractivity contribution in [3.05, 3.63) is 47.1 Å². The lowest BCUT2D eigenvalue weighted by molar-refractivity contribution is 0.625. The van der Waals surface area contributed by atoms with Crippen LogP contribution >= 0.6 is 0 Å². The summed E-state index contributed by atoms with van der Waals surface area (Å²) >= 11 is 0. The van der Waals surface area contributed by atoms with Crippen LogP contribution in [0.3, 0.4) is 0 Å². The predicted molar refractivity (Wildman–Crippen MR) is 59.8 cm³/mol. The fourth-order valence-corrected chi connectivity index (χ4v) is 2.99. The van der Waals surface area contributed by atoms with Gasteiger partial charge in [0.15, 0.2) is 0 Å². The molecule has 2 atom stereocenters. The summed E-state index contributed by atoms with van der Waals surface area (Å²) in [6.07, 6.45) is 11.4. The van der Waals surface area contributed by atoms with Crippen LogP contribution in [0, 0.1) is 17.3 Å². The molecule has 0 bridgehead atoms. The van der Waals surface area contributed by atoms with Crippen molar-refractivity contribution in [2.45, 2.75) is 20.8 Å². The van der Waals surface area contributed by atoms with Crippen LogP contribution in [0.2, 0.25) is 0 Å². The smallest absolute Gasteiger partial charge is 0.0228 e. The molecule has 0 N–H and O–H groups in total. The van der Waals surface area contributed by atoms with E-state index in [1.165, 1.54) is 5.57 Å². The van der Waals surface area contributed by atoms with Crippen molar-refractivity contribution in [1.82, 2.24) is 0 Å². The first-order valence-electron chi connectivity index (χ1n) is 5.40. The third-order valence-corrected chi connectivity index (χ3v) is 3.96. The van der Waals surface area contributed by atoms with Crippen LogP contribution in [0.5, 0.6) is 0 Å². The Morgan fingerprint density at radius 2 is 2.00 bits per heavy atom. The summed E-state index contributed by atoms with van der Waals surface area (Å²) < 4.78 is 0. The van der Waals surface area contributed by atoms with Crippen LogP contribution in [-0.4, -0.2) is 0 Å². The Morgan fingerprint density at radius 1 is 1.21 bits per heavy atom. The van der Waals surface area contributed by atoms with Gasteiger partial charge in [0.1, 0.15) is 0 Å². The third kappa shape index (κ3) is 0.841. The second-order valence-electron chi connectivity index (χ2n) is 5.20. The number of hydrogen-bond donors (Lipinski definition) is 0. The lowest BCUT2D eigenvalue weighted by Gasteiger charge is -2.20. The second kappa shape index (κ2) is 2.31. The van der Waals surface area contributed by atoms with Crippen LogP contribution in [0.15, 0.2) is 47.1 Å². The molecular weight excluding hydrogens is 168 g/mol. The highest BCUT2D eigenvalue weighted by Gasteiger charge is 2.54. The highest BCUT2D eigenvalue weighted by Crippen LogP contribution is 2.64. The monoisotopic (exact) mass is 184 g/mol.